The van der Waals surface area contributed by atoms with Crippen molar-refractivity contribution in [3.8, 4) is 0 Å². The average Bonchev–Trinajstić information content (AvgIpc) is 2.61. The van der Waals surface area contributed by atoms with Crippen molar-refractivity contribution in [3.63, 3.8) is 0 Å². The van der Waals surface area contributed by atoms with E-state index in [9.17, 15) is 9.59 Å². The summed E-state index contributed by atoms with van der Waals surface area (Å²) in [5.41, 5.74) is 3.03. The van der Waals surface area contributed by atoms with Crippen LogP contribution in [0.1, 0.15) is 17.5 Å². The fourth-order valence-electron chi connectivity index (χ4n) is 2.63. The van der Waals surface area contributed by atoms with Gasteiger partial charge in [-0.1, -0.05) is 42.5 Å². The average molecular weight is 353 g/mol. The summed E-state index contributed by atoms with van der Waals surface area (Å²) in [6.07, 6.45) is 1.19. The molecule has 0 aliphatic carbocycles. The molecule has 0 atom stereocenters. The highest BCUT2D eigenvalue weighted by molar-refractivity contribution is 5.92. The van der Waals surface area contributed by atoms with Crippen LogP contribution in [0.2, 0.25) is 0 Å². The van der Waals surface area contributed by atoms with Crippen molar-refractivity contribution in [2.24, 2.45) is 0 Å². The Balaban J connectivity index is 1.78. The second-order valence-electron chi connectivity index (χ2n) is 6.69. The first-order chi connectivity index (χ1) is 12.4. The van der Waals surface area contributed by atoms with Gasteiger partial charge in [0.1, 0.15) is 0 Å². The molecule has 0 radical (unpaired) electrons. The third kappa shape index (κ3) is 6.69. The molecule has 0 aliphatic rings. The third-order valence-corrected chi connectivity index (χ3v) is 4.07. The van der Waals surface area contributed by atoms with Crippen LogP contribution in [0, 0.1) is 0 Å². The van der Waals surface area contributed by atoms with Gasteiger partial charge in [-0.3, -0.25) is 14.5 Å². The second-order valence-corrected chi connectivity index (χ2v) is 6.69. The first kappa shape index (κ1) is 19.7. The van der Waals surface area contributed by atoms with Crippen LogP contribution < -0.4 is 5.32 Å². The van der Waals surface area contributed by atoms with Crippen molar-refractivity contribution >= 4 is 17.5 Å². The molecule has 2 amide bonds. The molecule has 0 aromatic heterocycles. The monoisotopic (exact) mass is 353 g/mol. The highest BCUT2D eigenvalue weighted by atomic mass is 16.2. The van der Waals surface area contributed by atoms with Crippen molar-refractivity contribution in [2.45, 2.75) is 19.4 Å². The lowest BCUT2D eigenvalue weighted by Gasteiger charge is -2.16. The molecule has 0 bridgehead atoms. The van der Waals surface area contributed by atoms with Gasteiger partial charge >= 0.3 is 0 Å². The van der Waals surface area contributed by atoms with Crippen LogP contribution in [0.15, 0.2) is 54.6 Å². The molecule has 2 aromatic rings. The Morgan fingerprint density at radius 1 is 0.885 bits per heavy atom. The van der Waals surface area contributed by atoms with Crippen molar-refractivity contribution in [2.75, 3.05) is 33.0 Å². The van der Waals surface area contributed by atoms with E-state index < -0.39 is 0 Å². The number of rotatable bonds is 8. The molecule has 0 unspecified atom stereocenters. The predicted molar refractivity (Wildman–Crippen MR) is 105 cm³/mol. The van der Waals surface area contributed by atoms with Crippen LogP contribution >= 0.6 is 0 Å². The zero-order valence-electron chi connectivity index (χ0n) is 15.7. The number of benzene rings is 2. The van der Waals surface area contributed by atoms with Gasteiger partial charge in [-0.2, -0.15) is 0 Å². The normalized spacial score (nSPS) is 10.6. The number of hydrogen-bond donors (Lipinski definition) is 1. The first-order valence-electron chi connectivity index (χ1n) is 8.75. The van der Waals surface area contributed by atoms with E-state index in [1.54, 1.807) is 19.0 Å². The standard InChI is InChI=1S/C21H27N3O2/c1-23(2)21(26)14-11-17-9-12-19(13-10-17)22-20(25)16-24(3)15-18-7-5-4-6-8-18/h4-10,12-13H,11,14-16H2,1-3H3,(H,22,25). The summed E-state index contributed by atoms with van der Waals surface area (Å²) in [7, 11) is 5.45. The fraction of sp³-hybridized carbons (Fsp3) is 0.333. The molecule has 0 saturated carbocycles. The molecule has 1 N–H and O–H groups in total. The molecular weight excluding hydrogens is 326 g/mol. The summed E-state index contributed by atoms with van der Waals surface area (Å²) in [6.45, 7) is 1.06. The largest absolute Gasteiger partial charge is 0.349 e. The van der Waals surface area contributed by atoms with Gasteiger partial charge in [-0.25, -0.2) is 0 Å². The molecule has 0 aliphatic heterocycles. The minimum Gasteiger partial charge on any atom is -0.349 e. The van der Waals surface area contributed by atoms with E-state index in [-0.39, 0.29) is 11.8 Å². The van der Waals surface area contributed by atoms with Gasteiger partial charge in [0.25, 0.3) is 0 Å². The summed E-state index contributed by atoms with van der Waals surface area (Å²) in [5.74, 6) is 0.0720. The molecule has 0 fully saturated rings. The van der Waals surface area contributed by atoms with E-state index in [4.69, 9.17) is 0 Å². The van der Waals surface area contributed by atoms with Crippen LogP contribution in [0.3, 0.4) is 0 Å². The number of nitrogens with one attached hydrogen (secondary N) is 1. The van der Waals surface area contributed by atoms with Crippen molar-refractivity contribution in [1.82, 2.24) is 9.80 Å². The Morgan fingerprint density at radius 3 is 2.15 bits per heavy atom. The number of amides is 2. The summed E-state index contributed by atoms with van der Waals surface area (Å²) in [6, 6.07) is 17.7. The van der Waals surface area contributed by atoms with E-state index in [0.717, 1.165) is 17.8 Å². The summed E-state index contributed by atoms with van der Waals surface area (Å²) >= 11 is 0. The highest BCUT2D eigenvalue weighted by Gasteiger charge is 2.08. The Morgan fingerprint density at radius 2 is 1.54 bits per heavy atom. The number of carbonyl (C=O) groups excluding carboxylic acids is 2. The number of hydrogen-bond acceptors (Lipinski definition) is 3. The van der Waals surface area contributed by atoms with Crippen LogP contribution in [-0.2, 0) is 22.6 Å². The van der Waals surface area contributed by atoms with E-state index in [0.29, 0.717) is 19.4 Å². The maximum Gasteiger partial charge on any atom is 0.238 e. The molecule has 5 heteroatoms. The highest BCUT2D eigenvalue weighted by Crippen LogP contribution is 2.12. The Bertz CT molecular complexity index is 712. The van der Waals surface area contributed by atoms with Gasteiger partial charge in [-0.05, 0) is 36.7 Å². The van der Waals surface area contributed by atoms with E-state index >= 15 is 0 Å². The Kier molecular flexibility index (Phi) is 7.36. The minimum atomic E-state index is -0.0426. The molecule has 5 nitrogen and oxygen atoms in total. The maximum atomic E-state index is 12.2. The number of aryl methyl sites for hydroxylation is 1. The Labute approximate surface area is 155 Å². The van der Waals surface area contributed by atoms with Crippen molar-refractivity contribution < 1.29 is 9.59 Å². The van der Waals surface area contributed by atoms with E-state index in [1.807, 2.05) is 66.5 Å². The third-order valence-electron chi connectivity index (χ3n) is 4.07. The summed E-state index contributed by atoms with van der Waals surface area (Å²) in [4.78, 5) is 27.4. The van der Waals surface area contributed by atoms with Crippen molar-refractivity contribution in [1.29, 1.82) is 0 Å². The lowest BCUT2D eigenvalue weighted by molar-refractivity contribution is -0.128. The minimum absolute atomic E-state index is 0.0426. The molecule has 0 saturated heterocycles. The molecule has 2 aromatic carbocycles. The Hall–Kier alpha value is -2.66. The number of nitrogens with zero attached hydrogens (tertiary/aromatic N) is 2. The lowest BCUT2D eigenvalue weighted by Crippen LogP contribution is -2.29. The lowest BCUT2D eigenvalue weighted by atomic mass is 10.1. The van der Waals surface area contributed by atoms with E-state index in [1.165, 1.54) is 5.56 Å². The van der Waals surface area contributed by atoms with Crippen molar-refractivity contribution in [3.05, 3.63) is 65.7 Å². The van der Waals surface area contributed by atoms with Gasteiger partial charge in [-0.15, -0.1) is 0 Å². The molecule has 0 heterocycles. The molecule has 138 valence electrons. The van der Waals surface area contributed by atoms with Gasteiger partial charge in [0.2, 0.25) is 11.8 Å². The first-order valence-corrected chi connectivity index (χ1v) is 8.75. The summed E-state index contributed by atoms with van der Waals surface area (Å²) in [5, 5.41) is 2.91. The molecular formula is C21H27N3O2. The molecule has 2 rings (SSSR count). The van der Waals surface area contributed by atoms with Crippen LogP contribution in [0.25, 0.3) is 0 Å². The molecule has 0 spiro atoms. The van der Waals surface area contributed by atoms with Crippen LogP contribution in [0.4, 0.5) is 5.69 Å². The number of carbonyl (C=O) groups is 2. The number of anilines is 1. The summed E-state index contributed by atoms with van der Waals surface area (Å²) < 4.78 is 0. The predicted octanol–water partition coefficient (Wildman–Crippen LogP) is 2.78. The molecule has 26 heavy (non-hydrogen) atoms. The maximum absolute atomic E-state index is 12.2. The van der Waals surface area contributed by atoms with Gasteiger partial charge in [0.05, 0.1) is 6.54 Å². The van der Waals surface area contributed by atoms with Gasteiger partial charge in [0.15, 0.2) is 0 Å². The van der Waals surface area contributed by atoms with Crippen LogP contribution in [-0.4, -0.2) is 49.3 Å². The van der Waals surface area contributed by atoms with Crippen LogP contribution in [0.5, 0.6) is 0 Å². The van der Waals surface area contributed by atoms with Gasteiger partial charge < -0.3 is 10.2 Å². The van der Waals surface area contributed by atoms with Gasteiger partial charge in [0, 0.05) is 32.7 Å². The fourth-order valence-corrected chi connectivity index (χ4v) is 2.63. The van der Waals surface area contributed by atoms with E-state index in [2.05, 4.69) is 5.32 Å². The smallest absolute Gasteiger partial charge is 0.238 e. The zero-order chi connectivity index (χ0) is 18.9. The number of likely N-dealkylation sites (N-methyl/N-ethyl adjacent to an activating group) is 1. The SMILES string of the molecule is CN(CC(=O)Nc1ccc(CCC(=O)N(C)C)cc1)Cc1ccccc1. The zero-order valence-corrected chi connectivity index (χ0v) is 15.7. The topological polar surface area (TPSA) is 52.7 Å². The quantitative estimate of drug-likeness (QED) is 0.794. The second kappa shape index (κ2) is 9.73.